The Hall–Kier alpha value is -2.07. The van der Waals surface area contributed by atoms with Crippen LogP contribution in [0.4, 0.5) is 5.95 Å². The average molecular weight is 273 g/mol. The van der Waals surface area contributed by atoms with E-state index in [1.54, 1.807) is 6.20 Å². The quantitative estimate of drug-likeness (QED) is 0.779. The zero-order chi connectivity index (χ0) is 13.4. The van der Waals surface area contributed by atoms with E-state index in [0.29, 0.717) is 5.95 Å². The van der Waals surface area contributed by atoms with E-state index in [-0.39, 0.29) is 6.04 Å². The summed E-state index contributed by atoms with van der Waals surface area (Å²) in [7, 11) is 0. The first-order chi connectivity index (χ1) is 9.16. The molecule has 0 spiro atoms. The average Bonchev–Trinajstić information content (AvgIpc) is 2.74. The van der Waals surface area contributed by atoms with Crippen LogP contribution in [0.5, 0.6) is 0 Å². The van der Waals surface area contributed by atoms with E-state index in [1.807, 2.05) is 41.0 Å². The van der Waals surface area contributed by atoms with Crippen molar-refractivity contribution >= 4 is 28.7 Å². The maximum Gasteiger partial charge on any atom is 0.203 e. The highest BCUT2D eigenvalue weighted by molar-refractivity contribution is 6.30. The second-order valence-corrected chi connectivity index (χ2v) is 4.85. The molecular weight excluding hydrogens is 260 g/mol. The van der Waals surface area contributed by atoms with Crippen molar-refractivity contribution in [2.45, 2.75) is 13.0 Å². The molecule has 0 aliphatic heterocycles. The van der Waals surface area contributed by atoms with E-state index in [1.165, 1.54) is 0 Å². The summed E-state index contributed by atoms with van der Waals surface area (Å²) in [6.45, 7) is 2.06. The molecular formula is C14H13ClN4. The highest BCUT2D eigenvalue weighted by Gasteiger charge is 2.16. The molecule has 0 aliphatic rings. The maximum absolute atomic E-state index is 6.01. The number of aromatic nitrogens is 3. The fraction of sp³-hybridized carbons (Fsp3) is 0.143. The van der Waals surface area contributed by atoms with Gasteiger partial charge in [0.25, 0.3) is 0 Å². The molecule has 1 aromatic carbocycles. The molecule has 19 heavy (non-hydrogen) atoms. The number of nitrogen functional groups attached to an aromatic ring is 1. The van der Waals surface area contributed by atoms with Crippen LogP contribution < -0.4 is 5.73 Å². The minimum Gasteiger partial charge on any atom is -0.369 e. The van der Waals surface area contributed by atoms with Gasteiger partial charge in [-0.1, -0.05) is 23.7 Å². The Bertz CT molecular complexity index is 718. The number of nitrogens with two attached hydrogens (primary N) is 1. The van der Waals surface area contributed by atoms with Crippen molar-refractivity contribution in [2.75, 3.05) is 5.73 Å². The molecule has 5 heteroatoms. The fourth-order valence-electron chi connectivity index (χ4n) is 2.22. The Morgan fingerprint density at radius 3 is 2.68 bits per heavy atom. The number of anilines is 1. The molecule has 2 aromatic heterocycles. The number of rotatable bonds is 2. The Labute approximate surface area is 115 Å². The van der Waals surface area contributed by atoms with Gasteiger partial charge in [0.2, 0.25) is 5.95 Å². The molecule has 0 bridgehead atoms. The molecule has 0 aliphatic carbocycles. The maximum atomic E-state index is 6.01. The topological polar surface area (TPSA) is 56.7 Å². The molecule has 3 rings (SSSR count). The van der Waals surface area contributed by atoms with Crippen LogP contribution in [0.2, 0.25) is 5.02 Å². The molecule has 96 valence electrons. The molecule has 1 unspecified atom stereocenters. The molecule has 3 aromatic rings. The molecule has 0 radical (unpaired) electrons. The minimum absolute atomic E-state index is 0.0529. The zero-order valence-electron chi connectivity index (χ0n) is 10.4. The van der Waals surface area contributed by atoms with Crippen LogP contribution in [-0.4, -0.2) is 14.5 Å². The number of hydrogen-bond acceptors (Lipinski definition) is 3. The van der Waals surface area contributed by atoms with Crippen molar-refractivity contribution in [3.05, 3.63) is 53.2 Å². The third-order valence-electron chi connectivity index (χ3n) is 3.22. The predicted molar refractivity (Wildman–Crippen MR) is 77.2 cm³/mol. The van der Waals surface area contributed by atoms with E-state index >= 15 is 0 Å². The molecule has 4 nitrogen and oxygen atoms in total. The molecule has 0 amide bonds. The van der Waals surface area contributed by atoms with Crippen molar-refractivity contribution in [1.29, 1.82) is 0 Å². The smallest absolute Gasteiger partial charge is 0.203 e. The van der Waals surface area contributed by atoms with Crippen LogP contribution in [-0.2, 0) is 0 Å². The lowest BCUT2D eigenvalue weighted by Crippen LogP contribution is -2.10. The van der Waals surface area contributed by atoms with Gasteiger partial charge in [0.1, 0.15) is 5.52 Å². The van der Waals surface area contributed by atoms with E-state index in [2.05, 4.69) is 16.9 Å². The van der Waals surface area contributed by atoms with Crippen LogP contribution in [0.15, 0.2) is 42.6 Å². The first-order valence-corrected chi connectivity index (χ1v) is 6.38. The van der Waals surface area contributed by atoms with Gasteiger partial charge < -0.3 is 5.73 Å². The normalized spacial score (nSPS) is 12.7. The fourth-order valence-corrected chi connectivity index (χ4v) is 2.35. The van der Waals surface area contributed by atoms with E-state index < -0.39 is 0 Å². The molecule has 0 fully saturated rings. The summed E-state index contributed by atoms with van der Waals surface area (Å²) >= 11 is 5.91. The van der Waals surface area contributed by atoms with Gasteiger partial charge in [0.05, 0.1) is 6.04 Å². The van der Waals surface area contributed by atoms with Crippen LogP contribution in [0.1, 0.15) is 18.5 Å². The summed E-state index contributed by atoms with van der Waals surface area (Å²) in [6.07, 6.45) is 1.74. The summed E-state index contributed by atoms with van der Waals surface area (Å²) in [4.78, 5) is 8.69. The highest BCUT2D eigenvalue weighted by Crippen LogP contribution is 2.26. The van der Waals surface area contributed by atoms with E-state index in [0.717, 1.165) is 21.7 Å². The van der Waals surface area contributed by atoms with Gasteiger partial charge in [-0.2, -0.15) is 0 Å². The van der Waals surface area contributed by atoms with Gasteiger partial charge in [-0.05, 0) is 36.8 Å². The van der Waals surface area contributed by atoms with Crippen molar-refractivity contribution in [2.24, 2.45) is 0 Å². The molecule has 2 heterocycles. The lowest BCUT2D eigenvalue weighted by Gasteiger charge is -2.15. The number of pyridine rings is 1. The van der Waals surface area contributed by atoms with E-state index in [4.69, 9.17) is 17.3 Å². The molecule has 0 saturated heterocycles. The summed E-state index contributed by atoms with van der Waals surface area (Å²) < 4.78 is 1.93. The summed E-state index contributed by atoms with van der Waals surface area (Å²) in [5, 5.41) is 0.720. The van der Waals surface area contributed by atoms with Gasteiger partial charge in [-0.3, -0.25) is 4.57 Å². The standard InChI is InChI=1S/C14H13ClN4/c1-9(10-4-6-11(15)7-5-10)19-13-12(18-14(19)16)3-2-8-17-13/h2-9H,1H3,(H2,16,18). The number of benzene rings is 1. The first kappa shape index (κ1) is 12.0. The number of halogens is 1. The lowest BCUT2D eigenvalue weighted by molar-refractivity contribution is 0.662. The van der Waals surface area contributed by atoms with Gasteiger partial charge in [0, 0.05) is 11.2 Å². The zero-order valence-corrected chi connectivity index (χ0v) is 11.2. The van der Waals surface area contributed by atoms with Crippen LogP contribution in [0, 0.1) is 0 Å². The first-order valence-electron chi connectivity index (χ1n) is 6.00. The Morgan fingerprint density at radius 2 is 1.95 bits per heavy atom. The van der Waals surface area contributed by atoms with Gasteiger partial charge in [-0.15, -0.1) is 0 Å². The summed E-state index contributed by atoms with van der Waals surface area (Å²) in [6, 6.07) is 11.5. The third-order valence-corrected chi connectivity index (χ3v) is 3.47. The number of hydrogen-bond donors (Lipinski definition) is 1. The minimum atomic E-state index is 0.0529. The van der Waals surface area contributed by atoms with Gasteiger partial charge in [0.15, 0.2) is 5.65 Å². The van der Waals surface area contributed by atoms with Gasteiger partial charge in [-0.25, -0.2) is 9.97 Å². The van der Waals surface area contributed by atoms with Crippen LogP contribution in [0.3, 0.4) is 0 Å². The summed E-state index contributed by atoms with van der Waals surface area (Å²) in [5.74, 6) is 0.469. The molecule has 0 saturated carbocycles. The van der Waals surface area contributed by atoms with Crippen molar-refractivity contribution in [3.63, 3.8) is 0 Å². The molecule has 1 atom stereocenters. The van der Waals surface area contributed by atoms with Crippen molar-refractivity contribution in [1.82, 2.24) is 14.5 Å². The monoisotopic (exact) mass is 272 g/mol. The predicted octanol–water partition coefficient (Wildman–Crippen LogP) is 3.28. The second kappa shape index (κ2) is 4.55. The SMILES string of the molecule is CC(c1ccc(Cl)cc1)n1c(N)nc2cccnc21. The van der Waals surface area contributed by atoms with Crippen molar-refractivity contribution in [3.8, 4) is 0 Å². The number of nitrogens with zero attached hydrogens (tertiary/aromatic N) is 3. The van der Waals surface area contributed by atoms with Crippen LogP contribution in [0.25, 0.3) is 11.2 Å². The van der Waals surface area contributed by atoms with E-state index in [9.17, 15) is 0 Å². The Balaban J connectivity index is 2.13. The number of fused-ring (bicyclic) bond motifs is 1. The molecule has 2 N–H and O–H groups in total. The Kier molecular flexibility index (Phi) is 2.87. The van der Waals surface area contributed by atoms with Gasteiger partial charge >= 0.3 is 0 Å². The van der Waals surface area contributed by atoms with Crippen LogP contribution >= 0.6 is 11.6 Å². The highest BCUT2D eigenvalue weighted by atomic mass is 35.5. The third kappa shape index (κ3) is 2.04. The lowest BCUT2D eigenvalue weighted by atomic mass is 10.1. The van der Waals surface area contributed by atoms with Crippen molar-refractivity contribution < 1.29 is 0 Å². The number of imidazole rings is 1. The Morgan fingerprint density at radius 1 is 1.21 bits per heavy atom. The largest absolute Gasteiger partial charge is 0.369 e. The second-order valence-electron chi connectivity index (χ2n) is 4.41. The summed E-state index contributed by atoms with van der Waals surface area (Å²) in [5.41, 5.74) is 8.72.